The summed E-state index contributed by atoms with van der Waals surface area (Å²) in [5, 5.41) is 2.06. The molecule has 0 heterocycles. The molecule has 3 rings (SSSR count). The molecule has 0 radical (unpaired) electrons. The molecular formula is C26H27Cl3OSi. The predicted molar refractivity (Wildman–Crippen MR) is 138 cm³/mol. The molecule has 0 aliphatic carbocycles. The van der Waals surface area contributed by atoms with Crippen LogP contribution >= 0.6 is 34.8 Å². The van der Waals surface area contributed by atoms with Gasteiger partial charge in [-0.05, 0) is 21.0 Å². The molecule has 0 unspecified atom stereocenters. The van der Waals surface area contributed by atoms with Crippen molar-refractivity contribution in [1.82, 2.24) is 0 Å². The number of benzene rings is 3. The largest absolute Gasteiger partial charge is 0.397 e. The Kier molecular flexibility index (Phi) is 7.72. The Labute approximate surface area is 201 Å². The second-order valence-corrected chi connectivity index (χ2v) is 15.1. The van der Waals surface area contributed by atoms with Crippen LogP contribution in [0.5, 0.6) is 0 Å². The van der Waals surface area contributed by atoms with Gasteiger partial charge in [0.05, 0.1) is 0 Å². The van der Waals surface area contributed by atoms with Gasteiger partial charge in [0.25, 0.3) is 8.32 Å². The first kappa shape index (κ1) is 24.1. The summed E-state index contributed by atoms with van der Waals surface area (Å²) in [4.78, 5) is 0. The zero-order chi connectivity index (χ0) is 22.5. The zero-order valence-corrected chi connectivity index (χ0v) is 21.2. The van der Waals surface area contributed by atoms with Gasteiger partial charge in [0.15, 0.2) is 0 Å². The standard InChI is InChI=1S/C26H27Cl3OSi/c1-25(2,3)31(22-15-9-5-10-16-22,23-17-11-6-12-18-23)30-24(26(27,28)29)20-19-21-13-7-4-8-14-21/h4-20,24H,1-3H3/b20-19+/t24-/m1/s1. The van der Waals surface area contributed by atoms with Crippen LogP contribution in [0.4, 0.5) is 0 Å². The van der Waals surface area contributed by atoms with Gasteiger partial charge in [-0.3, -0.25) is 0 Å². The minimum Gasteiger partial charge on any atom is -0.397 e. The van der Waals surface area contributed by atoms with E-state index in [1.165, 1.54) is 0 Å². The molecule has 0 amide bonds. The van der Waals surface area contributed by atoms with E-state index < -0.39 is 18.2 Å². The lowest BCUT2D eigenvalue weighted by atomic mass is 10.2. The molecule has 1 atom stereocenters. The highest BCUT2D eigenvalue weighted by Gasteiger charge is 2.53. The van der Waals surface area contributed by atoms with E-state index in [1.54, 1.807) is 0 Å². The lowest BCUT2D eigenvalue weighted by molar-refractivity contribution is 0.238. The van der Waals surface area contributed by atoms with Crippen molar-refractivity contribution in [1.29, 1.82) is 0 Å². The van der Waals surface area contributed by atoms with E-state index >= 15 is 0 Å². The molecule has 0 aliphatic heterocycles. The van der Waals surface area contributed by atoms with Gasteiger partial charge in [0.2, 0.25) is 3.79 Å². The summed E-state index contributed by atoms with van der Waals surface area (Å²) in [5.74, 6) is 0. The third-order valence-corrected chi connectivity index (χ3v) is 11.0. The Morgan fingerprint density at radius 3 is 1.52 bits per heavy atom. The third kappa shape index (κ3) is 5.63. The van der Waals surface area contributed by atoms with Gasteiger partial charge in [0.1, 0.15) is 6.10 Å². The molecule has 0 saturated carbocycles. The van der Waals surface area contributed by atoms with Gasteiger partial charge in [-0.1, -0.05) is 159 Å². The van der Waals surface area contributed by atoms with Crippen LogP contribution < -0.4 is 10.4 Å². The van der Waals surface area contributed by atoms with Crippen LogP contribution in [0.2, 0.25) is 5.04 Å². The van der Waals surface area contributed by atoms with Crippen molar-refractivity contribution >= 4 is 59.6 Å². The van der Waals surface area contributed by atoms with Crippen molar-refractivity contribution in [3.63, 3.8) is 0 Å². The molecule has 31 heavy (non-hydrogen) atoms. The maximum Gasteiger partial charge on any atom is 0.262 e. The Hall–Kier alpha value is -1.55. The maximum atomic E-state index is 7.02. The minimum atomic E-state index is -2.86. The fraction of sp³-hybridized carbons (Fsp3) is 0.231. The van der Waals surface area contributed by atoms with Crippen molar-refractivity contribution in [2.45, 2.75) is 35.7 Å². The highest BCUT2D eigenvalue weighted by Crippen LogP contribution is 2.42. The molecule has 3 aromatic carbocycles. The molecular weight excluding hydrogens is 463 g/mol. The number of hydrogen-bond acceptors (Lipinski definition) is 1. The monoisotopic (exact) mass is 488 g/mol. The average molecular weight is 490 g/mol. The average Bonchev–Trinajstić information content (AvgIpc) is 2.74. The molecule has 0 bridgehead atoms. The van der Waals surface area contributed by atoms with E-state index in [9.17, 15) is 0 Å². The molecule has 3 aromatic rings. The molecule has 162 valence electrons. The van der Waals surface area contributed by atoms with E-state index in [4.69, 9.17) is 39.2 Å². The smallest absolute Gasteiger partial charge is 0.262 e. The predicted octanol–water partition coefficient (Wildman–Crippen LogP) is 7.02. The maximum absolute atomic E-state index is 7.02. The summed E-state index contributed by atoms with van der Waals surface area (Å²) in [6, 6.07) is 30.6. The second kappa shape index (κ2) is 9.93. The van der Waals surface area contributed by atoms with Crippen LogP contribution in [-0.2, 0) is 4.43 Å². The zero-order valence-electron chi connectivity index (χ0n) is 17.9. The van der Waals surface area contributed by atoms with Crippen molar-refractivity contribution < 1.29 is 4.43 Å². The summed E-state index contributed by atoms with van der Waals surface area (Å²) in [6.45, 7) is 6.61. The van der Waals surface area contributed by atoms with Gasteiger partial charge in [0, 0.05) is 0 Å². The minimum absolute atomic E-state index is 0.218. The van der Waals surface area contributed by atoms with Gasteiger partial charge in [-0.2, -0.15) is 0 Å². The van der Waals surface area contributed by atoms with Gasteiger partial charge in [-0.15, -0.1) is 0 Å². The van der Waals surface area contributed by atoms with Crippen molar-refractivity contribution in [3.8, 4) is 0 Å². The Balaban J connectivity index is 2.17. The van der Waals surface area contributed by atoms with Crippen molar-refractivity contribution in [3.05, 3.63) is 103 Å². The third-order valence-electron chi connectivity index (χ3n) is 5.31. The van der Waals surface area contributed by atoms with Gasteiger partial charge >= 0.3 is 0 Å². The van der Waals surface area contributed by atoms with Crippen molar-refractivity contribution in [2.24, 2.45) is 0 Å². The van der Waals surface area contributed by atoms with Gasteiger partial charge in [-0.25, -0.2) is 0 Å². The van der Waals surface area contributed by atoms with E-state index in [0.717, 1.165) is 15.9 Å². The van der Waals surface area contributed by atoms with Crippen LogP contribution in [0.25, 0.3) is 6.08 Å². The highest BCUT2D eigenvalue weighted by atomic mass is 35.6. The Bertz CT molecular complexity index is 938. The van der Waals surface area contributed by atoms with Crippen LogP contribution in [0.3, 0.4) is 0 Å². The lowest BCUT2D eigenvalue weighted by Gasteiger charge is -2.45. The number of hydrogen-bond donors (Lipinski definition) is 0. The fourth-order valence-electron chi connectivity index (χ4n) is 3.86. The SMILES string of the molecule is CC(C)(C)[Si](O[C@H](/C=C/c1ccccc1)C(Cl)(Cl)Cl)(c1ccccc1)c1ccccc1. The first-order chi connectivity index (χ1) is 14.6. The summed E-state index contributed by atoms with van der Waals surface area (Å²) in [7, 11) is -2.86. The molecule has 1 nitrogen and oxygen atoms in total. The molecule has 0 aromatic heterocycles. The topological polar surface area (TPSA) is 9.23 Å². The normalized spacial score (nSPS) is 14.0. The number of rotatable bonds is 6. The lowest BCUT2D eigenvalue weighted by Crippen LogP contribution is -2.68. The molecule has 0 N–H and O–H groups in total. The second-order valence-electron chi connectivity index (χ2n) is 8.51. The first-order valence-corrected chi connectivity index (χ1v) is 13.3. The highest BCUT2D eigenvalue weighted by molar-refractivity contribution is 6.99. The quantitative estimate of drug-likeness (QED) is 0.267. The van der Waals surface area contributed by atoms with E-state index in [2.05, 4.69) is 45.0 Å². The first-order valence-electron chi connectivity index (χ1n) is 10.2. The van der Waals surface area contributed by atoms with Crippen molar-refractivity contribution in [2.75, 3.05) is 0 Å². The fourth-order valence-corrected chi connectivity index (χ4v) is 9.09. The summed E-state index contributed by atoms with van der Waals surface area (Å²) in [6.07, 6.45) is 3.08. The van der Waals surface area contributed by atoms with Crippen LogP contribution in [-0.4, -0.2) is 18.2 Å². The number of halogens is 3. The Morgan fingerprint density at radius 1 is 0.710 bits per heavy atom. The summed E-state index contributed by atoms with van der Waals surface area (Å²) < 4.78 is 5.39. The van der Waals surface area contributed by atoms with E-state index in [0.29, 0.717) is 0 Å². The van der Waals surface area contributed by atoms with Crippen LogP contribution in [0.15, 0.2) is 97.1 Å². The molecule has 0 fully saturated rings. The molecule has 0 aliphatic rings. The molecule has 5 heteroatoms. The Morgan fingerprint density at radius 2 is 1.13 bits per heavy atom. The summed E-state index contributed by atoms with van der Waals surface area (Å²) >= 11 is 19.4. The van der Waals surface area contributed by atoms with Gasteiger partial charge < -0.3 is 4.43 Å². The molecule has 0 spiro atoms. The van der Waals surface area contributed by atoms with Crippen LogP contribution in [0.1, 0.15) is 26.3 Å². The van der Waals surface area contributed by atoms with E-state index in [1.807, 2.05) is 78.9 Å². The number of alkyl halides is 3. The molecule has 0 saturated heterocycles. The van der Waals surface area contributed by atoms with E-state index in [-0.39, 0.29) is 5.04 Å². The summed E-state index contributed by atoms with van der Waals surface area (Å²) in [5.41, 5.74) is 1.02. The van der Waals surface area contributed by atoms with Crippen LogP contribution in [0, 0.1) is 0 Å².